The zero-order valence-electron chi connectivity index (χ0n) is 9.21. The van der Waals surface area contributed by atoms with Gasteiger partial charge in [-0.25, -0.2) is 4.98 Å². The van der Waals surface area contributed by atoms with Crippen molar-refractivity contribution in [3.8, 4) is 5.88 Å². The molecule has 16 heavy (non-hydrogen) atoms. The first-order valence-electron chi connectivity index (χ1n) is 5.18. The molecule has 1 aromatic rings. The second kappa shape index (κ2) is 7.87. The number of nitrogens with zero attached hydrogens (tertiary/aromatic N) is 1. The summed E-state index contributed by atoms with van der Waals surface area (Å²) in [5, 5.41) is 0. The maximum atomic E-state index is 5.79. The standard InChI is InChI=1S/C11H15BrClNO2/c1-2-3-15-4-5-16-11-9(7-13)6-10(12)8-14-11/h6,8H,2-5,7H2,1H3. The van der Waals surface area contributed by atoms with Crippen LogP contribution in [0.3, 0.4) is 0 Å². The zero-order valence-corrected chi connectivity index (χ0v) is 11.6. The van der Waals surface area contributed by atoms with Crippen molar-refractivity contribution in [2.75, 3.05) is 19.8 Å². The van der Waals surface area contributed by atoms with Crippen LogP contribution in [0.5, 0.6) is 5.88 Å². The number of halogens is 2. The molecule has 0 atom stereocenters. The topological polar surface area (TPSA) is 31.4 Å². The highest BCUT2D eigenvalue weighted by molar-refractivity contribution is 9.10. The Kier molecular flexibility index (Phi) is 6.76. The van der Waals surface area contributed by atoms with Gasteiger partial charge < -0.3 is 9.47 Å². The summed E-state index contributed by atoms with van der Waals surface area (Å²) in [5.41, 5.74) is 0.881. The second-order valence-electron chi connectivity index (χ2n) is 3.21. The van der Waals surface area contributed by atoms with Crippen molar-refractivity contribution in [1.29, 1.82) is 0 Å². The quantitative estimate of drug-likeness (QED) is 0.571. The SMILES string of the molecule is CCCOCCOc1ncc(Br)cc1CCl. The van der Waals surface area contributed by atoms with Gasteiger partial charge in [-0.3, -0.25) is 0 Å². The van der Waals surface area contributed by atoms with Crippen molar-refractivity contribution in [3.05, 3.63) is 22.3 Å². The van der Waals surface area contributed by atoms with Crippen LogP contribution in [0.15, 0.2) is 16.7 Å². The Balaban J connectivity index is 2.41. The van der Waals surface area contributed by atoms with Crippen LogP contribution in [0.1, 0.15) is 18.9 Å². The van der Waals surface area contributed by atoms with Gasteiger partial charge in [-0.05, 0) is 28.4 Å². The van der Waals surface area contributed by atoms with E-state index in [0.717, 1.165) is 23.1 Å². The number of ether oxygens (including phenoxy) is 2. The highest BCUT2D eigenvalue weighted by Crippen LogP contribution is 2.21. The zero-order chi connectivity index (χ0) is 11.8. The summed E-state index contributed by atoms with van der Waals surface area (Å²) in [7, 11) is 0. The molecule has 1 aromatic heterocycles. The first kappa shape index (κ1) is 13.7. The molecular weight excluding hydrogens is 293 g/mol. The van der Waals surface area contributed by atoms with E-state index in [1.807, 2.05) is 6.07 Å². The van der Waals surface area contributed by atoms with Gasteiger partial charge >= 0.3 is 0 Å². The Bertz CT molecular complexity index is 323. The van der Waals surface area contributed by atoms with Crippen molar-refractivity contribution in [2.24, 2.45) is 0 Å². The van der Waals surface area contributed by atoms with E-state index in [4.69, 9.17) is 21.1 Å². The molecule has 90 valence electrons. The van der Waals surface area contributed by atoms with Crippen molar-refractivity contribution >= 4 is 27.5 Å². The Labute approximate surface area is 109 Å². The fourth-order valence-corrected chi connectivity index (χ4v) is 1.71. The molecule has 0 radical (unpaired) electrons. The van der Waals surface area contributed by atoms with Gasteiger partial charge in [0.2, 0.25) is 5.88 Å². The average Bonchev–Trinajstić information content (AvgIpc) is 2.30. The summed E-state index contributed by atoms with van der Waals surface area (Å²) >= 11 is 9.13. The fourth-order valence-electron chi connectivity index (χ4n) is 1.14. The lowest BCUT2D eigenvalue weighted by Gasteiger charge is -2.09. The van der Waals surface area contributed by atoms with Crippen LogP contribution in [0.25, 0.3) is 0 Å². The van der Waals surface area contributed by atoms with Gasteiger partial charge in [-0.2, -0.15) is 0 Å². The number of alkyl halides is 1. The maximum Gasteiger partial charge on any atom is 0.217 e. The van der Waals surface area contributed by atoms with Gasteiger partial charge in [-0.1, -0.05) is 6.92 Å². The normalized spacial score (nSPS) is 10.4. The molecule has 0 spiro atoms. The van der Waals surface area contributed by atoms with Crippen molar-refractivity contribution < 1.29 is 9.47 Å². The van der Waals surface area contributed by atoms with Gasteiger partial charge in [0.15, 0.2) is 0 Å². The van der Waals surface area contributed by atoms with Crippen molar-refractivity contribution in [3.63, 3.8) is 0 Å². The molecule has 0 aliphatic carbocycles. The molecule has 3 nitrogen and oxygen atoms in total. The van der Waals surface area contributed by atoms with Crippen LogP contribution in [0, 0.1) is 0 Å². The minimum Gasteiger partial charge on any atom is -0.475 e. The summed E-state index contributed by atoms with van der Waals surface area (Å²) in [6, 6.07) is 1.90. The lowest BCUT2D eigenvalue weighted by Crippen LogP contribution is -2.09. The molecule has 0 N–H and O–H groups in total. The average molecular weight is 309 g/mol. The maximum absolute atomic E-state index is 5.79. The van der Waals surface area contributed by atoms with E-state index in [1.165, 1.54) is 0 Å². The van der Waals surface area contributed by atoms with Crippen LogP contribution in [0.2, 0.25) is 0 Å². The number of rotatable bonds is 7. The predicted octanol–water partition coefficient (Wildman–Crippen LogP) is 3.39. The third-order valence-electron chi connectivity index (χ3n) is 1.85. The Morgan fingerprint density at radius 1 is 1.38 bits per heavy atom. The Hall–Kier alpha value is -0.320. The van der Waals surface area contributed by atoms with Crippen LogP contribution in [-0.4, -0.2) is 24.8 Å². The van der Waals surface area contributed by atoms with Crippen LogP contribution in [-0.2, 0) is 10.6 Å². The number of pyridine rings is 1. The summed E-state index contributed by atoms with van der Waals surface area (Å²) in [6.07, 6.45) is 2.71. The lowest BCUT2D eigenvalue weighted by atomic mass is 10.3. The fraction of sp³-hybridized carbons (Fsp3) is 0.545. The number of aromatic nitrogens is 1. The molecule has 0 aliphatic rings. The smallest absolute Gasteiger partial charge is 0.217 e. The lowest BCUT2D eigenvalue weighted by molar-refractivity contribution is 0.0987. The monoisotopic (exact) mass is 307 g/mol. The predicted molar refractivity (Wildman–Crippen MR) is 68.1 cm³/mol. The molecule has 0 saturated heterocycles. The molecule has 0 unspecified atom stereocenters. The van der Waals surface area contributed by atoms with Crippen LogP contribution in [0.4, 0.5) is 0 Å². The Morgan fingerprint density at radius 2 is 2.19 bits per heavy atom. The number of hydrogen-bond acceptors (Lipinski definition) is 3. The van der Waals surface area contributed by atoms with Gasteiger partial charge in [0.05, 0.1) is 12.5 Å². The molecule has 0 amide bonds. The summed E-state index contributed by atoms with van der Waals surface area (Å²) in [4.78, 5) is 4.16. The van der Waals surface area contributed by atoms with Crippen molar-refractivity contribution in [1.82, 2.24) is 4.98 Å². The van der Waals surface area contributed by atoms with Gasteiger partial charge in [0.25, 0.3) is 0 Å². The summed E-state index contributed by atoms with van der Waals surface area (Å²) in [6.45, 7) is 3.91. The van der Waals surface area contributed by atoms with Crippen LogP contribution < -0.4 is 4.74 Å². The second-order valence-corrected chi connectivity index (χ2v) is 4.40. The molecule has 0 aromatic carbocycles. The molecule has 0 fully saturated rings. The first-order valence-corrected chi connectivity index (χ1v) is 6.51. The van der Waals surface area contributed by atoms with Crippen LogP contribution >= 0.6 is 27.5 Å². The van der Waals surface area contributed by atoms with E-state index in [-0.39, 0.29) is 0 Å². The Morgan fingerprint density at radius 3 is 2.88 bits per heavy atom. The minimum atomic E-state index is 0.386. The van der Waals surface area contributed by atoms with E-state index in [9.17, 15) is 0 Å². The summed E-state index contributed by atoms with van der Waals surface area (Å²) < 4.78 is 11.7. The minimum absolute atomic E-state index is 0.386. The molecule has 5 heteroatoms. The van der Waals surface area contributed by atoms with Crippen molar-refractivity contribution in [2.45, 2.75) is 19.2 Å². The molecule has 0 aliphatic heterocycles. The third-order valence-corrected chi connectivity index (χ3v) is 2.57. The highest BCUT2D eigenvalue weighted by Gasteiger charge is 2.05. The molecule has 0 bridgehead atoms. The molecular formula is C11H15BrClNO2. The van der Waals surface area contributed by atoms with E-state index in [1.54, 1.807) is 6.20 Å². The molecule has 0 saturated carbocycles. The van der Waals surface area contributed by atoms with E-state index >= 15 is 0 Å². The highest BCUT2D eigenvalue weighted by atomic mass is 79.9. The van der Waals surface area contributed by atoms with E-state index in [0.29, 0.717) is 25.0 Å². The van der Waals surface area contributed by atoms with E-state index in [2.05, 4.69) is 27.8 Å². The van der Waals surface area contributed by atoms with E-state index < -0.39 is 0 Å². The molecule has 1 heterocycles. The third kappa shape index (κ3) is 4.68. The largest absolute Gasteiger partial charge is 0.475 e. The molecule has 1 rings (SSSR count). The number of hydrogen-bond donors (Lipinski definition) is 0. The van der Waals surface area contributed by atoms with Gasteiger partial charge in [0, 0.05) is 22.8 Å². The van der Waals surface area contributed by atoms with Gasteiger partial charge in [0.1, 0.15) is 6.61 Å². The van der Waals surface area contributed by atoms with Gasteiger partial charge in [-0.15, -0.1) is 11.6 Å². The first-order chi connectivity index (χ1) is 7.77. The summed E-state index contributed by atoms with van der Waals surface area (Å²) in [5.74, 6) is 0.968.